The van der Waals surface area contributed by atoms with Crippen LogP contribution in [0.5, 0.6) is 11.5 Å². The van der Waals surface area contributed by atoms with E-state index in [9.17, 15) is 27.9 Å². The van der Waals surface area contributed by atoms with E-state index in [4.69, 9.17) is 5.11 Å². The van der Waals surface area contributed by atoms with Crippen molar-refractivity contribution in [2.75, 3.05) is 0 Å². The molecule has 1 aliphatic heterocycles. The summed E-state index contributed by atoms with van der Waals surface area (Å²) >= 11 is 2.48. The molecule has 2 rings (SSSR count). The average molecular weight is 503 g/mol. The number of carboxylic acid groups (broad SMARTS) is 1. The second-order valence-corrected chi connectivity index (χ2v) is 7.09. The van der Waals surface area contributed by atoms with Crippen LogP contribution in [0.4, 0.5) is 13.2 Å². The molecule has 1 aliphatic rings. The number of phenolic OH excluding ortho intramolecular Hbond substituents is 1. The number of nitrogens with one attached hydrogen (secondary N) is 1. The molecule has 13 heteroatoms. The molecule has 26 heavy (non-hydrogen) atoms. The van der Waals surface area contributed by atoms with Crippen LogP contribution in [0.25, 0.3) is 0 Å². The van der Waals surface area contributed by atoms with Gasteiger partial charge in [-0.25, -0.2) is 0 Å². The van der Waals surface area contributed by atoms with Crippen LogP contribution < -0.4 is 10.1 Å². The third-order valence-electron chi connectivity index (χ3n) is 2.78. The summed E-state index contributed by atoms with van der Waals surface area (Å²) in [6, 6.07) is 1.92. The lowest BCUT2D eigenvalue weighted by molar-refractivity contribution is -0.274. The predicted octanol–water partition coefficient (Wildman–Crippen LogP) is 2.29. The molecule has 1 heterocycles. The number of aliphatic carboxylic acids is 1. The van der Waals surface area contributed by atoms with Gasteiger partial charge >= 0.3 is 12.3 Å². The Hall–Kier alpha value is -2.03. The zero-order valence-electron chi connectivity index (χ0n) is 12.5. The van der Waals surface area contributed by atoms with Gasteiger partial charge in [-0.2, -0.15) is 5.10 Å². The number of hydrogen-bond donors (Lipinski definition) is 3. The van der Waals surface area contributed by atoms with Crippen LogP contribution in [0.1, 0.15) is 12.0 Å². The first-order valence-corrected chi connectivity index (χ1v) is 8.59. The Labute approximate surface area is 161 Å². The first-order chi connectivity index (χ1) is 12.0. The number of rotatable bonds is 5. The molecule has 0 radical (unpaired) electrons. The van der Waals surface area contributed by atoms with Crippen molar-refractivity contribution in [1.29, 1.82) is 0 Å². The van der Waals surface area contributed by atoms with Crippen LogP contribution >= 0.6 is 34.4 Å². The van der Waals surface area contributed by atoms with Crippen LogP contribution in [-0.4, -0.2) is 45.1 Å². The molecule has 1 aromatic carbocycles. The highest BCUT2D eigenvalue weighted by molar-refractivity contribution is 14.1. The molecule has 140 valence electrons. The predicted molar refractivity (Wildman–Crippen MR) is 94.3 cm³/mol. The largest absolute Gasteiger partial charge is 0.573 e. The van der Waals surface area contributed by atoms with Crippen LogP contribution in [0, 0.1) is 3.57 Å². The lowest BCUT2D eigenvalue weighted by Gasteiger charge is -2.10. The first kappa shape index (κ1) is 20.3. The molecule has 8 nitrogen and oxygen atoms in total. The quantitative estimate of drug-likeness (QED) is 0.322. The Morgan fingerprint density at radius 3 is 2.77 bits per heavy atom. The number of carbonyl (C=O) groups is 2. The van der Waals surface area contributed by atoms with Gasteiger partial charge in [-0.1, -0.05) is 11.8 Å². The number of ether oxygens (including phenoxy) is 1. The molecule has 1 unspecified atom stereocenters. The molecule has 0 bridgehead atoms. The minimum Gasteiger partial charge on any atom is -0.506 e. The molecule has 0 aromatic heterocycles. The molecule has 1 amide bonds. The number of halogens is 4. The fraction of sp³-hybridized carbons (Fsp3) is 0.231. The molecule has 1 aromatic rings. The summed E-state index contributed by atoms with van der Waals surface area (Å²) in [6.45, 7) is 0. The topological polar surface area (TPSA) is 121 Å². The number of amides is 1. The molecule has 1 atom stereocenters. The lowest BCUT2D eigenvalue weighted by atomic mass is 10.2. The fourth-order valence-electron chi connectivity index (χ4n) is 1.77. The summed E-state index contributed by atoms with van der Waals surface area (Å²) in [5.41, 5.74) is -0.0862. The van der Waals surface area contributed by atoms with Crippen LogP contribution in [0.3, 0.4) is 0 Å². The summed E-state index contributed by atoms with van der Waals surface area (Å²) in [4.78, 5) is 22.2. The molecule has 1 fully saturated rings. The lowest BCUT2D eigenvalue weighted by Crippen LogP contribution is -2.26. The zero-order valence-corrected chi connectivity index (χ0v) is 15.4. The van der Waals surface area contributed by atoms with E-state index in [1.54, 1.807) is 22.6 Å². The number of amidine groups is 1. The van der Waals surface area contributed by atoms with Gasteiger partial charge in [-0.05, 0) is 34.7 Å². The van der Waals surface area contributed by atoms with Gasteiger partial charge in [0.25, 0.3) is 0 Å². The van der Waals surface area contributed by atoms with Crippen molar-refractivity contribution in [3.8, 4) is 11.5 Å². The third kappa shape index (κ3) is 5.76. The number of hydrogen-bond acceptors (Lipinski definition) is 7. The Bertz CT molecular complexity index is 800. The number of phenols is 1. The van der Waals surface area contributed by atoms with Gasteiger partial charge in [0.05, 0.1) is 16.2 Å². The van der Waals surface area contributed by atoms with Gasteiger partial charge in [0, 0.05) is 5.56 Å². The average Bonchev–Trinajstić information content (AvgIpc) is 2.81. The molecule has 3 N–H and O–H groups in total. The highest BCUT2D eigenvalue weighted by Crippen LogP contribution is 2.31. The Balaban J connectivity index is 2.15. The Morgan fingerprint density at radius 1 is 1.46 bits per heavy atom. The first-order valence-electron chi connectivity index (χ1n) is 6.64. The summed E-state index contributed by atoms with van der Waals surface area (Å²) in [6.07, 6.45) is -4.31. The second kappa shape index (κ2) is 8.11. The van der Waals surface area contributed by atoms with Crippen molar-refractivity contribution < 1.29 is 37.7 Å². The van der Waals surface area contributed by atoms with Gasteiger partial charge in [0.2, 0.25) is 5.91 Å². The van der Waals surface area contributed by atoms with Crippen molar-refractivity contribution in [2.24, 2.45) is 10.2 Å². The van der Waals surface area contributed by atoms with E-state index in [0.717, 1.165) is 30.1 Å². The standard InChI is InChI=1S/C13H9F3IN3O5S/c14-13(15,16)25-6-1-5(10(23)7(17)2-6)4-18-20-12-19-11(24)8(26-12)3-9(21)22/h1-2,4,8,23H,3H2,(H,21,22)(H,19,20,24). The number of carboxylic acids is 1. The normalized spacial score (nSPS) is 19.2. The number of alkyl halides is 3. The summed E-state index contributed by atoms with van der Waals surface area (Å²) in [7, 11) is 0. The monoisotopic (exact) mass is 503 g/mol. The van der Waals surface area contributed by atoms with Crippen molar-refractivity contribution >= 4 is 57.6 Å². The maximum atomic E-state index is 12.3. The van der Waals surface area contributed by atoms with E-state index in [1.807, 2.05) is 0 Å². The van der Waals surface area contributed by atoms with E-state index >= 15 is 0 Å². The number of benzene rings is 1. The van der Waals surface area contributed by atoms with Crippen LogP contribution in [0.15, 0.2) is 22.3 Å². The van der Waals surface area contributed by atoms with E-state index in [-0.39, 0.29) is 20.1 Å². The van der Waals surface area contributed by atoms with Crippen LogP contribution in [-0.2, 0) is 9.59 Å². The molecule has 0 spiro atoms. The fourth-order valence-corrected chi connectivity index (χ4v) is 3.31. The van der Waals surface area contributed by atoms with Gasteiger partial charge in [-0.15, -0.1) is 18.3 Å². The molecular weight excluding hydrogens is 494 g/mol. The summed E-state index contributed by atoms with van der Waals surface area (Å²) < 4.78 is 40.8. The van der Waals surface area contributed by atoms with Crippen LogP contribution in [0.2, 0.25) is 0 Å². The van der Waals surface area contributed by atoms with Crippen molar-refractivity contribution in [1.82, 2.24) is 5.32 Å². The summed E-state index contributed by atoms with van der Waals surface area (Å²) in [5, 5.41) is 27.3. The molecular formula is C13H9F3IN3O5S. The minimum atomic E-state index is -4.89. The van der Waals surface area contributed by atoms with Gasteiger partial charge in [0.1, 0.15) is 16.7 Å². The Morgan fingerprint density at radius 2 is 2.15 bits per heavy atom. The van der Waals surface area contributed by atoms with Gasteiger partial charge < -0.3 is 20.3 Å². The SMILES string of the molecule is O=C(O)CC1SC(=NN=Cc2cc(OC(F)(F)F)cc(I)c2O)NC1=O. The second-order valence-electron chi connectivity index (χ2n) is 4.73. The number of thioether (sulfide) groups is 1. The molecule has 1 saturated heterocycles. The van der Waals surface area contributed by atoms with Crippen molar-refractivity contribution in [3.05, 3.63) is 21.3 Å². The van der Waals surface area contributed by atoms with E-state index in [1.165, 1.54) is 0 Å². The highest BCUT2D eigenvalue weighted by atomic mass is 127. The molecule has 0 aliphatic carbocycles. The Kier molecular flexibility index (Phi) is 6.33. The minimum absolute atomic E-state index is 0.0365. The van der Waals surface area contributed by atoms with E-state index in [0.29, 0.717) is 0 Å². The number of aromatic hydroxyl groups is 1. The van der Waals surface area contributed by atoms with E-state index < -0.39 is 35.7 Å². The van der Waals surface area contributed by atoms with Crippen molar-refractivity contribution in [3.63, 3.8) is 0 Å². The third-order valence-corrected chi connectivity index (χ3v) is 4.68. The maximum absolute atomic E-state index is 12.3. The smallest absolute Gasteiger partial charge is 0.506 e. The van der Waals surface area contributed by atoms with E-state index in [2.05, 4.69) is 20.3 Å². The maximum Gasteiger partial charge on any atom is 0.573 e. The summed E-state index contributed by atoms with van der Waals surface area (Å²) in [5.74, 6) is -2.55. The number of carbonyl (C=O) groups excluding carboxylic acids is 1. The van der Waals surface area contributed by atoms with Crippen molar-refractivity contribution in [2.45, 2.75) is 18.0 Å². The number of nitrogens with zero attached hydrogens (tertiary/aromatic N) is 2. The molecule has 0 saturated carbocycles. The zero-order chi connectivity index (χ0) is 19.5. The van der Waals surface area contributed by atoms with Gasteiger partial charge in [0.15, 0.2) is 5.17 Å². The highest BCUT2D eigenvalue weighted by Gasteiger charge is 2.32. The van der Waals surface area contributed by atoms with Gasteiger partial charge in [-0.3, -0.25) is 9.59 Å².